The largest absolute Gasteiger partial charge is 0.497 e. The van der Waals surface area contributed by atoms with Crippen molar-refractivity contribution in [2.24, 2.45) is 5.92 Å². The van der Waals surface area contributed by atoms with Gasteiger partial charge in [-0.2, -0.15) is 0 Å². The molecule has 2 amide bonds. The molecule has 7 heteroatoms. The zero-order chi connectivity index (χ0) is 23.8. The summed E-state index contributed by atoms with van der Waals surface area (Å²) in [6.45, 7) is 7.19. The average Bonchev–Trinajstić information content (AvgIpc) is 3.29. The second-order valence-electron chi connectivity index (χ2n) is 8.62. The lowest BCUT2D eigenvalue weighted by atomic mass is 10.1. The van der Waals surface area contributed by atoms with E-state index in [-0.39, 0.29) is 18.6 Å². The molecule has 1 aliphatic heterocycles. The Hall–Kier alpha value is -3.22. The number of ether oxygens (including phenoxy) is 3. The highest BCUT2D eigenvalue weighted by atomic mass is 16.7. The normalized spacial score (nSPS) is 13.0. The Labute approximate surface area is 196 Å². The standard InChI is InChI=1S/C26H34N2O5/c1-5-22(26(30)27-15-18(2)3)28(16-20-6-10-21(31-4)11-7-20)25(29)13-9-19-8-12-23-24(14-19)33-17-32-23/h6-8,10-12,14,18,22H,5,9,13,15-17H2,1-4H3,(H,27,30)/t22-/m1/s1. The fraction of sp³-hybridized carbons (Fsp3) is 0.462. The fourth-order valence-corrected chi connectivity index (χ4v) is 3.76. The minimum atomic E-state index is -0.532. The van der Waals surface area contributed by atoms with Crippen LogP contribution in [0.4, 0.5) is 0 Å². The van der Waals surface area contributed by atoms with Gasteiger partial charge in [0.1, 0.15) is 11.8 Å². The van der Waals surface area contributed by atoms with E-state index in [0.717, 1.165) is 22.6 Å². The van der Waals surface area contributed by atoms with Crippen LogP contribution in [0.25, 0.3) is 0 Å². The number of hydrogen-bond donors (Lipinski definition) is 1. The van der Waals surface area contributed by atoms with E-state index in [1.807, 2.05) is 63.2 Å². The maximum atomic E-state index is 13.4. The summed E-state index contributed by atoms with van der Waals surface area (Å²) in [7, 11) is 1.62. The van der Waals surface area contributed by atoms with E-state index in [0.29, 0.717) is 44.0 Å². The quantitative estimate of drug-likeness (QED) is 0.557. The summed E-state index contributed by atoms with van der Waals surface area (Å²) in [5, 5.41) is 2.99. The van der Waals surface area contributed by atoms with Gasteiger partial charge in [0.05, 0.1) is 7.11 Å². The summed E-state index contributed by atoms with van der Waals surface area (Å²) in [4.78, 5) is 28.0. The molecule has 7 nitrogen and oxygen atoms in total. The van der Waals surface area contributed by atoms with Gasteiger partial charge in [-0.15, -0.1) is 0 Å². The Morgan fingerprint density at radius 1 is 1.06 bits per heavy atom. The lowest BCUT2D eigenvalue weighted by Gasteiger charge is -2.31. The number of hydrogen-bond acceptors (Lipinski definition) is 5. The molecule has 0 saturated carbocycles. The second-order valence-corrected chi connectivity index (χ2v) is 8.62. The summed E-state index contributed by atoms with van der Waals surface area (Å²) < 4.78 is 16.0. The molecule has 0 bridgehead atoms. The Bertz CT molecular complexity index is 942. The van der Waals surface area contributed by atoms with Crippen molar-refractivity contribution in [3.05, 3.63) is 53.6 Å². The molecule has 1 aliphatic rings. The first-order chi connectivity index (χ1) is 15.9. The van der Waals surface area contributed by atoms with Gasteiger partial charge in [-0.25, -0.2) is 0 Å². The Morgan fingerprint density at radius 3 is 2.42 bits per heavy atom. The Balaban J connectivity index is 1.74. The molecule has 33 heavy (non-hydrogen) atoms. The highest BCUT2D eigenvalue weighted by molar-refractivity contribution is 5.87. The molecule has 0 fully saturated rings. The molecule has 0 spiro atoms. The molecule has 1 atom stereocenters. The molecule has 2 aromatic rings. The van der Waals surface area contributed by atoms with Gasteiger partial charge < -0.3 is 24.4 Å². The van der Waals surface area contributed by atoms with Crippen molar-refractivity contribution in [2.75, 3.05) is 20.4 Å². The van der Waals surface area contributed by atoms with Crippen molar-refractivity contribution < 1.29 is 23.8 Å². The van der Waals surface area contributed by atoms with Crippen molar-refractivity contribution in [1.82, 2.24) is 10.2 Å². The van der Waals surface area contributed by atoms with Crippen LogP contribution in [0.1, 0.15) is 44.7 Å². The first kappa shape index (κ1) is 24.4. The van der Waals surface area contributed by atoms with Gasteiger partial charge in [-0.3, -0.25) is 9.59 Å². The number of methoxy groups -OCH3 is 1. The molecular formula is C26H34N2O5. The number of aryl methyl sites for hydroxylation is 1. The maximum absolute atomic E-state index is 13.4. The molecule has 2 aromatic carbocycles. The van der Waals surface area contributed by atoms with Gasteiger partial charge in [-0.05, 0) is 54.2 Å². The number of nitrogens with zero attached hydrogens (tertiary/aromatic N) is 1. The highest BCUT2D eigenvalue weighted by Crippen LogP contribution is 2.32. The van der Waals surface area contributed by atoms with Gasteiger partial charge in [0.15, 0.2) is 11.5 Å². The maximum Gasteiger partial charge on any atom is 0.242 e. The summed E-state index contributed by atoms with van der Waals surface area (Å²) in [6.07, 6.45) is 1.39. The first-order valence-corrected chi connectivity index (χ1v) is 11.5. The minimum absolute atomic E-state index is 0.0602. The van der Waals surface area contributed by atoms with Crippen LogP contribution in [0, 0.1) is 5.92 Å². The van der Waals surface area contributed by atoms with Crippen LogP contribution < -0.4 is 19.5 Å². The van der Waals surface area contributed by atoms with E-state index in [1.54, 1.807) is 12.0 Å². The van der Waals surface area contributed by atoms with Crippen LogP contribution in [0.15, 0.2) is 42.5 Å². The predicted octanol–water partition coefficient (Wildman–Crippen LogP) is 3.94. The smallest absolute Gasteiger partial charge is 0.242 e. The highest BCUT2D eigenvalue weighted by Gasteiger charge is 2.28. The molecule has 0 saturated heterocycles. The lowest BCUT2D eigenvalue weighted by molar-refractivity contribution is -0.141. The molecule has 0 aliphatic carbocycles. The monoisotopic (exact) mass is 454 g/mol. The molecule has 0 radical (unpaired) electrons. The number of rotatable bonds is 11. The van der Waals surface area contributed by atoms with E-state index in [9.17, 15) is 9.59 Å². The zero-order valence-electron chi connectivity index (χ0n) is 19.9. The van der Waals surface area contributed by atoms with E-state index in [1.165, 1.54) is 0 Å². The van der Waals surface area contributed by atoms with E-state index in [2.05, 4.69) is 5.32 Å². The zero-order valence-corrected chi connectivity index (χ0v) is 19.9. The SMILES string of the molecule is CC[C@H](C(=O)NCC(C)C)N(Cc1ccc(OC)cc1)C(=O)CCc1ccc2c(c1)OCO2. The molecule has 1 N–H and O–H groups in total. The van der Waals surface area contributed by atoms with Crippen molar-refractivity contribution in [2.45, 2.75) is 52.6 Å². The van der Waals surface area contributed by atoms with Gasteiger partial charge in [0.2, 0.25) is 18.6 Å². The molecule has 178 valence electrons. The summed E-state index contributed by atoms with van der Waals surface area (Å²) in [5.41, 5.74) is 1.94. The van der Waals surface area contributed by atoms with E-state index < -0.39 is 6.04 Å². The van der Waals surface area contributed by atoms with Crippen LogP contribution in [0.3, 0.4) is 0 Å². The number of fused-ring (bicyclic) bond motifs is 1. The molecule has 0 aromatic heterocycles. The van der Waals surface area contributed by atoms with E-state index in [4.69, 9.17) is 14.2 Å². The summed E-state index contributed by atoms with van der Waals surface area (Å²) in [6, 6.07) is 12.8. The van der Waals surface area contributed by atoms with Gasteiger partial charge >= 0.3 is 0 Å². The summed E-state index contributed by atoms with van der Waals surface area (Å²) in [5.74, 6) is 2.34. The van der Waals surface area contributed by atoms with Crippen LogP contribution in [-0.2, 0) is 22.6 Å². The number of benzene rings is 2. The third-order valence-corrected chi connectivity index (χ3v) is 5.65. The molecule has 1 heterocycles. The van der Waals surface area contributed by atoms with Crippen molar-refractivity contribution in [1.29, 1.82) is 0 Å². The van der Waals surface area contributed by atoms with E-state index >= 15 is 0 Å². The Kier molecular flexibility index (Phi) is 8.58. The molecule has 0 unspecified atom stereocenters. The van der Waals surface area contributed by atoms with Crippen molar-refractivity contribution >= 4 is 11.8 Å². The fourth-order valence-electron chi connectivity index (χ4n) is 3.76. The third-order valence-electron chi connectivity index (χ3n) is 5.65. The predicted molar refractivity (Wildman–Crippen MR) is 126 cm³/mol. The van der Waals surface area contributed by atoms with Gasteiger partial charge in [0, 0.05) is 19.5 Å². The van der Waals surface area contributed by atoms with Crippen LogP contribution in [0.5, 0.6) is 17.2 Å². The summed E-state index contributed by atoms with van der Waals surface area (Å²) >= 11 is 0. The Morgan fingerprint density at radius 2 is 1.76 bits per heavy atom. The van der Waals surface area contributed by atoms with Crippen LogP contribution >= 0.6 is 0 Å². The van der Waals surface area contributed by atoms with Crippen molar-refractivity contribution in [3.63, 3.8) is 0 Å². The number of amides is 2. The van der Waals surface area contributed by atoms with Gasteiger partial charge in [-0.1, -0.05) is 39.0 Å². The molecule has 3 rings (SSSR count). The third kappa shape index (κ3) is 6.63. The van der Waals surface area contributed by atoms with Crippen LogP contribution in [0.2, 0.25) is 0 Å². The van der Waals surface area contributed by atoms with Crippen LogP contribution in [-0.4, -0.2) is 43.2 Å². The minimum Gasteiger partial charge on any atom is -0.497 e. The number of nitrogens with one attached hydrogen (secondary N) is 1. The number of carbonyl (C=O) groups is 2. The average molecular weight is 455 g/mol. The molecular weight excluding hydrogens is 420 g/mol. The topological polar surface area (TPSA) is 77.1 Å². The number of carbonyl (C=O) groups excluding carboxylic acids is 2. The van der Waals surface area contributed by atoms with Gasteiger partial charge in [0.25, 0.3) is 0 Å². The second kappa shape index (κ2) is 11.6. The first-order valence-electron chi connectivity index (χ1n) is 11.5. The van der Waals surface area contributed by atoms with Crippen molar-refractivity contribution in [3.8, 4) is 17.2 Å². The lowest BCUT2D eigenvalue weighted by Crippen LogP contribution is -2.49.